The number of aromatic amines is 2. The monoisotopic (exact) mass is 804 g/mol. The predicted octanol–water partition coefficient (Wildman–Crippen LogP) is 3.40. The van der Waals surface area contributed by atoms with Gasteiger partial charge >= 0.3 is 164 Å². The van der Waals surface area contributed by atoms with Crippen LogP contribution in [-0.4, -0.2) is 77.0 Å². The number of amides is 2. The molecule has 4 aromatic rings. The summed E-state index contributed by atoms with van der Waals surface area (Å²) in [5.74, 6) is 2.59. The van der Waals surface area contributed by atoms with Gasteiger partial charge in [0.1, 0.15) is 11.4 Å². The van der Waals surface area contributed by atoms with Gasteiger partial charge in [0.25, 0.3) is 0 Å². The summed E-state index contributed by atoms with van der Waals surface area (Å²) in [7, 11) is 0. The molecule has 0 radical (unpaired) electrons. The number of hydrogen-bond acceptors (Lipinski definition) is 8. The summed E-state index contributed by atoms with van der Waals surface area (Å²) in [4.78, 5) is 51.2. The van der Waals surface area contributed by atoms with Crippen molar-refractivity contribution in [1.82, 2.24) is 38.6 Å². The summed E-state index contributed by atoms with van der Waals surface area (Å²) >= 11 is -0.151. The molecule has 0 aliphatic carbocycles. The van der Waals surface area contributed by atoms with Crippen molar-refractivity contribution >= 4 is 18.0 Å². The van der Waals surface area contributed by atoms with Crippen LogP contribution in [0.2, 0.25) is 0 Å². The Balaban J connectivity index is 0.998. The SMILES string of the molecule is CC(C)[C@@H](NC1=NC[I-]N1)C(=O)N1CCC[C@H]1c1ncc(-c2ccc(-c3ccc(-c4cnc([C@@H]5CCCN5C(=O)OC(C)(C)C)[nH]4)cc3)cc2)[nH]1. The topological polar surface area (TPSA) is 144 Å². The molecule has 3 atom stereocenters. The van der Waals surface area contributed by atoms with Crippen molar-refractivity contribution in [3.63, 3.8) is 0 Å². The van der Waals surface area contributed by atoms with E-state index in [1.54, 1.807) is 4.90 Å². The second kappa shape index (κ2) is 14.7. The zero-order valence-corrected chi connectivity index (χ0v) is 32.0. The van der Waals surface area contributed by atoms with Crippen molar-refractivity contribution in [2.45, 2.75) is 84.0 Å². The number of likely N-dealkylation sites (tertiary alicyclic amines) is 2. The first-order chi connectivity index (χ1) is 24.5. The van der Waals surface area contributed by atoms with E-state index in [9.17, 15) is 9.59 Å². The van der Waals surface area contributed by atoms with Crippen LogP contribution in [0.15, 0.2) is 65.9 Å². The molecule has 13 heteroatoms. The van der Waals surface area contributed by atoms with Gasteiger partial charge in [-0.3, -0.25) is 4.90 Å². The van der Waals surface area contributed by atoms with Crippen molar-refractivity contribution in [2.75, 3.05) is 17.6 Å². The number of aromatic nitrogens is 4. The number of benzene rings is 2. The van der Waals surface area contributed by atoms with Gasteiger partial charge in [0, 0.05) is 6.54 Å². The van der Waals surface area contributed by atoms with Gasteiger partial charge in [-0.25, -0.2) is 9.78 Å². The van der Waals surface area contributed by atoms with Crippen LogP contribution in [0.4, 0.5) is 4.79 Å². The van der Waals surface area contributed by atoms with Gasteiger partial charge in [0.05, 0.1) is 17.9 Å². The fourth-order valence-corrected chi connectivity index (χ4v) is 8.39. The first-order valence-electron chi connectivity index (χ1n) is 17.8. The Kier molecular flexibility index (Phi) is 10.1. The third-order valence-electron chi connectivity index (χ3n) is 9.62. The van der Waals surface area contributed by atoms with Crippen molar-refractivity contribution < 1.29 is 35.8 Å². The number of nitrogens with one attached hydrogen (secondary N) is 4. The molecule has 2 amide bonds. The molecule has 2 aromatic heterocycles. The maximum atomic E-state index is 13.8. The number of imidazole rings is 2. The standard InChI is InChI=1S/C38H47IN9O3/c1-23(2)32(45-36-42-22-39-46-36)35(49)47-18-6-8-30(47)33-40-20-28(43-33)26-14-10-24(11-15-26)25-12-16-27(17-13-25)29-21-41-34(44-29)31-9-7-19-48(31)37(50)51-38(3,4)5/h10-17,20-21,23,30-32H,6-9,18-19,22H2,1-5H3,(H,40,43)(H,41,44)(H2,42,45,46)/q-1/t30-,31-,32+/m0/s1. The van der Waals surface area contributed by atoms with Gasteiger partial charge in [-0.1, -0.05) is 36.4 Å². The molecule has 7 rings (SSSR count). The van der Waals surface area contributed by atoms with Crippen LogP contribution in [-0.2, 0) is 9.53 Å². The number of ether oxygens (including phenoxy) is 1. The Morgan fingerprint density at radius 1 is 0.824 bits per heavy atom. The molecule has 0 bridgehead atoms. The van der Waals surface area contributed by atoms with Crippen LogP contribution in [0.1, 0.15) is 84.0 Å². The molecule has 270 valence electrons. The van der Waals surface area contributed by atoms with Crippen LogP contribution in [0.5, 0.6) is 0 Å². The van der Waals surface area contributed by atoms with Crippen molar-refractivity contribution in [3.05, 3.63) is 72.6 Å². The third kappa shape index (κ3) is 7.77. The molecule has 0 unspecified atom stereocenters. The summed E-state index contributed by atoms with van der Waals surface area (Å²) in [6.45, 7) is 11.2. The molecule has 2 saturated heterocycles. The van der Waals surface area contributed by atoms with Crippen molar-refractivity contribution in [2.24, 2.45) is 10.9 Å². The van der Waals surface area contributed by atoms with Gasteiger partial charge in [-0.2, -0.15) is 0 Å². The van der Waals surface area contributed by atoms with E-state index in [2.05, 4.69) is 91.2 Å². The fourth-order valence-electron chi connectivity index (χ4n) is 7.02. The molecular formula is C38H47IN9O3-. The van der Waals surface area contributed by atoms with Crippen LogP contribution >= 0.6 is 0 Å². The van der Waals surface area contributed by atoms with Crippen LogP contribution in [0.3, 0.4) is 0 Å². The summed E-state index contributed by atoms with van der Waals surface area (Å²) in [6, 6.07) is 16.3. The summed E-state index contributed by atoms with van der Waals surface area (Å²) < 4.78 is 9.81. The number of alkyl halides is 1. The number of aliphatic imine (C=N–C) groups is 1. The Hall–Kier alpha value is -4.40. The third-order valence-corrected chi connectivity index (χ3v) is 11.2. The minimum absolute atomic E-state index is 0.0778. The van der Waals surface area contributed by atoms with Gasteiger partial charge in [0.15, 0.2) is 0 Å². The molecule has 2 fully saturated rings. The minimum atomic E-state index is -0.539. The van der Waals surface area contributed by atoms with E-state index in [1.165, 1.54) is 0 Å². The molecule has 4 N–H and O–H groups in total. The number of carbonyl (C=O) groups is 2. The van der Waals surface area contributed by atoms with E-state index in [4.69, 9.17) is 9.72 Å². The molecule has 3 aliphatic heterocycles. The fraction of sp³-hybridized carbons (Fsp3) is 0.447. The average molecular weight is 805 g/mol. The second-order valence-electron chi connectivity index (χ2n) is 14.8. The molecule has 0 spiro atoms. The van der Waals surface area contributed by atoms with Crippen molar-refractivity contribution in [3.8, 4) is 33.6 Å². The van der Waals surface area contributed by atoms with Gasteiger partial charge in [-0.05, 0) is 50.3 Å². The van der Waals surface area contributed by atoms with Gasteiger partial charge < -0.3 is 9.72 Å². The summed E-state index contributed by atoms with van der Waals surface area (Å²) in [5.41, 5.74) is 5.59. The van der Waals surface area contributed by atoms with Crippen LogP contribution < -0.4 is 30.3 Å². The number of hydrogen-bond donors (Lipinski definition) is 4. The van der Waals surface area contributed by atoms with E-state index < -0.39 is 5.60 Å². The predicted molar refractivity (Wildman–Crippen MR) is 193 cm³/mol. The first kappa shape index (κ1) is 35.0. The average Bonchev–Trinajstić information content (AvgIpc) is 3.95. The number of H-pyrrole nitrogens is 2. The Morgan fingerprint density at radius 2 is 1.33 bits per heavy atom. The maximum absolute atomic E-state index is 13.8. The first-order valence-corrected chi connectivity index (χ1v) is 20.4. The number of halogens is 1. The quantitative estimate of drug-likeness (QED) is 0.0926. The van der Waals surface area contributed by atoms with Crippen LogP contribution in [0, 0.1) is 5.92 Å². The van der Waals surface area contributed by atoms with Crippen molar-refractivity contribution in [1.29, 1.82) is 0 Å². The normalized spacial score (nSPS) is 19.8. The van der Waals surface area contributed by atoms with E-state index >= 15 is 0 Å². The summed E-state index contributed by atoms with van der Waals surface area (Å²) in [6.07, 6.45) is 7.02. The molecule has 0 saturated carbocycles. The summed E-state index contributed by atoms with van der Waals surface area (Å²) in [5, 5.41) is 3.37. The van der Waals surface area contributed by atoms with E-state index in [0.29, 0.717) is 6.54 Å². The zero-order valence-electron chi connectivity index (χ0n) is 29.9. The number of nitrogens with zero attached hydrogens (tertiary/aromatic N) is 5. The number of guanidine groups is 1. The van der Waals surface area contributed by atoms with Gasteiger partial charge in [0.2, 0.25) is 0 Å². The molecule has 2 aromatic carbocycles. The molecule has 12 nitrogen and oxygen atoms in total. The number of carbonyl (C=O) groups excluding carboxylic acids is 2. The molecule has 51 heavy (non-hydrogen) atoms. The van der Waals surface area contributed by atoms with E-state index in [1.807, 2.05) is 38.1 Å². The molecular weight excluding hydrogens is 757 g/mol. The molecule has 3 aliphatic rings. The number of rotatable bonds is 8. The molecule has 5 heterocycles. The van der Waals surface area contributed by atoms with E-state index in [-0.39, 0.29) is 57.5 Å². The Labute approximate surface area is 309 Å². The van der Waals surface area contributed by atoms with E-state index in [0.717, 1.165) is 88.0 Å². The van der Waals surface area contributed by atoms with Crippen LogP contribution in [0.25, 0.3) is 33.6 Å². The zero-order chi connectivity index (χ0) is 35.7. The Morgan fingerprint density at radius 3 is 1.82 bits per heavy atom. The van der Waals surface area contributed by atoms with Gasteiger partial charge in [-0.15, -0.1) is 0 Å². The second-order valence-corrected chi connectivity index (χ2v) is 16.7. The Bertz CT molecular complexity index is 1880.